The zero-order valence-corrected chi connectivity index (χ0v) is 20.4. The Kier molecular flexibility index (Phi) is 7.03. The Morgan fingerprint density at radius 2 is 1.83 bits per heavy atom. The van der Waals surface area contributed by atoms with Crippen LogP contribution in [0.15, 0.2) is 30.6 Å². The highest BCUT2D eigenvalue weighted by Gasteiger charge is 2.23. The van der Waals surface area contributed by atoms with Gasteiger partial charge in [-0.1, -0.05) is 6.07 Å². The summed E-state index contributed by atoms with van der Waals surface area (Å²) in [5.74, 6) is 1.75. The number of aromatic nitrogens is 4. The van der Waals surface area contributed by atoms with E-state index in [0.29, 0.717) is 54.7 Å². The van der Waals surface area contributed by atoms with E-state index in [2.05, 4.69) is 43.2 Å². The van der Waals surface area contributed by atoms with Crippen molar-refractivity contribution in [3.05, 3.63) is 41.9 Å². The molecule has 3 aromatic rings. The van der Waals surface area contributed by atoms with E-state index in [1.165, 1.54) is 5.56 Å². The average molecular weight is 481 g/mol. The molecule has 35 heavy (non-hydrogen) atoms. The molecule has 2 aliphatic rings. The highest BCUT2D eigenvalue weighted by atomic mass is 19.1. The molecule has 0 amide bonds. The number of nitrogens with one attached hydrogen (secondary N) is 1. The molecule has 2 N–H and O–H groups in total. The number of hydrogen-bond donors (Lipinski definition) is 2. The van der Waals surface area contributed by atoms with Gasteiger partial charge < -0.3 is 20.2 Å². The molecular weight excluding hydrogens is 447 g/mol. The maximum atomic E-state index is 13.7. The van der Waals surface area contributed by atoms with Crippen LogP contribution in [0.5, 0.6) is 0 Å². The summed E-state index contributed by atoms with van der Waals surface area (Å²) in [5.41, 5.74) is 2.40. The van der Waals surface area contributed by atoms with Gasteiger partial charge in [-0.25, -0.2) is 24.3 Å². The second kappa shape index (κ2) is 10.3. The molecule has 9 nitrogen and oxygen atoms in total. The summed E-state index contributed by atoms with van der Waals surface area (Å²) < 4.78 is 13.7. The first kappa shape index (κ1) is 23.8. The van der Waals surface area contributed by atoms with Crippen LogP contribution in [0.4, 0.5) is 22.0 Å². The van der Waals surface area contributed by atoms with Gasteiger partial charge in [-0.3, -0.25) is 4.90 Å². The number of anilines is 3. The first-order valence-electron chi connectivity index (χ1n) is 12.3. The second-order valence-corrected chi connectivity index (χ2v) is 9.60. The van der Waals surface area contributed by atoms with Crippen LogP contribution in [0.1, 0.15) is 37.1 Å². The standard InChI is InChI=1S/C25H33FN8O/c1-17(35)21-13-19-15-28-25(31-23(19)24(29-21)34-7-5-20(26)6-8-34)30-22-4-3-18(14-27-22)16-33-11-9-32(2)10-12-33/h3-4,13-15,17,20,35H,5-12,16H2,1-2H3,(H,27,28,30,31). The number of alkyl halides is 1. The largest absolute Gasteiger partial charge is 0.387 e. The Balaban J connectivity index is 1.35. The minimum Gasteiger partial charge on any atom is -0.387 e. The lowest BCUT2D eigenvalue weighted by atomic mass is 10.1. The highest BCUT2D eigenvalue weighted by Crippen LogP contribution is 2.30. The number of nitrogens with zero attached hydrogens (tertiary/aromatic N) is 7. The zero-order chi connectivity index (χ0) is 24.4. The highest BCUT2D eigenvalue weighted by molar-refractivity contribution is 5.89. The van der Waals surface area contributed by atoms with Gasteiger partial charge in [0, 0.05) is 63.6 Å². The molecule has 0 aromatic carbocycles. The smallest absolute Gasteiger partial charge is 0.229 e. The van der Waals surface area contributed by atoms with E-state index in [0.717, 1.165) is 38.1 Å². The molecule has 0 bridgehead atoms. The Morgan fingerprint density at radius 1 is 1.06 bits per heavy atom. The van der Waals surface area contributed by atoms with Crippen molar-refractivity contribution in [3.8, 4) is 0 Å². The third kappa shape index (κ3) is 5.66. The van der Waals surface area contributed by atoms with Crippen LogP contribution in [-0.2, 0) is 6.54 Å². The molecule has 1 unspecified atom stereocenters. The number of fused-ring (bicyclic) bond motifs is 1. The molecule has 2 aliphatic heterocycles. The number of hydrogen-bond acceptors (Lipinski definition) is 9. The zero-order valence-electron chi connectivity index (χ0n) is 20.4. The predicted octanol–water partition coefficient (Wildman–Crippen LogP) is 2.90. The van der Waals surface area contributed by atoms with Gasteiger partial charge in [0.1, 0.15) is 17.5 Å². The van der Waals surface area contributed by atoms with E-state index in [4.69, 9.17) is 4.98 Å². The quantitative estimate of drug-likeness (QED) is 0.552. The molecule has 2 saturated heterocycles. The van der Waals surface area contributed by atoms with E-state index >= 15 is 0 Å². The summed E-state index contributed by atoms with van der Waals surface area (Å²) >= 11 is 0. The van der Waals surface area contributed by atoms with Crippen molar-refractivity contribution in [2.45, 2.75) is 38.6 Å². The molecule has 2 fully saturated rings. The van der Waals surface area contributed by atoms with E-state index in [1.54, 1.807) is 19.2 Å². The van der Waals surface area contributed by atoms with Crippen molar-refractivity contribution in [2.75, 3.05) is 56.5 Å². The molecule has 0 radical (unpaired) electrons. The van der Waals surface area contributed by atoms with Crippen LogP contribution >= 0.6 is 0 Å². The first-order valence-corrected chi connectivity index (χ1v) is 12.3. The van der Waals surface area contributed by atoms with Crippen LogP contribution in [-0.4, -0.2) is 87.3 Å². The van der Waals surface area contributed by atoms with Crippen molar-refractivity contribution in [2.24, 2.45) is 0 Å². The average Bonchev–Trinajstić information content (AvgIpc) is 2.86. The molecule has 0 aliphatic carbocycles. The third-order valence-electron chi connectivity index (χ3n) is 6.79. The van der Waals surface area contributed by atoms with Crippen LogP contribution in [0, 0.1) is 0 Å². The number of pyridine rings is 2. The molecule has 5 heterocycles. The van der Waals surface area contributed by atoms with Gasteiger partial charge in [-0.2, -0.15) is 0 Å². The van der Waals surface area contributed by atoms with Crippen LogP contribution < -0.4 is 10.2 Å². The molecule has 5 rings (SSSR count). The third-order valence-corrected chi connectivity index (χ3v) is 6.79. The molecular formula is C25H33FN8O. The van der Waals surface area contributed by atoms with E-state index in [9.17, 15) is 9.50 Å². The van der Waals surface area contributed by atoms with Crippen LogP contribution in [0.25, 0.3) is 10.9 Å². The summed E-state index contributed by atoms with van der Waals surface area (Å²) in [6.45, 7) is 8.02. The maximum Gasteiger partial charge on any atom is 0.229 e. The van der Waals surface area contributed by atoms with Crippen molar-refractivity contribution < 1.29 is 9.50 Å². The van der Waals surface area contributed by atoms with E-state index < -0.39 is 12.3 Å². The number of rotatable bonds is 6. The number of piperazine rings is 1. The Bertz CT molecular complexity index is 1140. The normalized spacial score (nSPS) is 19.3. The minimum absolute atomic E-state index is 0.421. The number of aliphatic hydroxyl groups is 1. The second-order valence-electron chi connectivity index (χ2n) is 9.60. The summed E-state index contributed by atoms with van der Waals surface area (Å²) in [5, 5.41) is 14.1. The predicted molar refractivity (Wildman–Crippen MR) is 135 cm³/mol. The number of likely N-dealkylation sites (N-methyl/N-ethyl adjacent to an activating group) is 1. The van der Waals surface area contributed by atoms with E-state index in [1.807, 2.05) is 17.2 Å². The van der Waals surface area contributed by atoms with Crippen molar-refractivity contribution in [1.29, 1.82) is 0 Å². The Hall–Kier alpha value is -2.95. The summed E-state index contributed by atoms with van der Waals surface area (Å²) in [6.07, 6.45) is 3.04. The fraction of sp³-hybridized carbons (Fsp3) is 0.520. The fourth-order valence-electron chi connectivity index (χ4n) is 4.57. The maximum absolute atomic E-state index is 13.7. The van der Waals surface area contributed by atoms with Gasteiger partial charge in [0.15, 0.2) is 5.82 Å². The van der Waals surface area contributed by atoms with Gasteiger partial charge in [-0.05, 0) is 44.5 Å². The lowest BCUT2D eigenvalue weighted by Gasteiger charge is -2.32. The van der Waals surface area contributed by atoms with Crippen LogP contribution in [0.3, 0.4) is 0 Å². The Morgan fingerprint density at radius 3 is 2.51 bits per heavy atom. The number of piperidine rings is 1. The van der Waals surface area contributed by atoms with Gasteiger partial charge in [0.2, 0.25) is 5.95 Å². The molecule has 1 atom stereocenters. The minimum atomic E-state index is -0.783. The van der Waals surface area contributed by atoms with E-state index in [-0.39, 0.29) is 0 Å². The summed E-state index contributed by atoms with van der Waals surface area (Å²) in [4.78, 5) is 25.3. The Labute approximate surface area is 205 Å². The van der Waals surface area contributed by atoms with Gasteiger partial charge in [-0.15, -0.1) is 0 Å². The monoisotopic (exact) mass is 480 g/mol. The van der Waals surface area contributed by atoms with Crippen LogP contribution in [0.2, 0.25) is 0 Å². The lowest BCUT2D eigenvalue weighted by molar-refractivity contribution is 0.148. The van der Waals surface area contributed by atoms with Crippen molar-refractivity contribution in [1.82, 2.24) is 29.7 Å². The molecule has 3 aromatic heterocycles. The molecule has 0 saturated carbocycles. The van der Waals surface area contributed by atoms with Gasteiger partial charge >= 0.3 is 0 Å². The summed E-state index contributed by atoms with van der Waals surface area (Å²) in [6, 6.07) is 5.83. The number of halogens is 1. The fourth-order valence-corrected chi connectivity index (χ4v) is 4.57. The van der Waals surface area contributed by atoms with Gasteiger partial charge in [0.25, 0.3) is 0 Å². The topological polar surface area (TPSA) is 93.5 Å². The molecule has 0 spiro atoms. The summed E-state index contributed by atoms with van der Waals surface area (Å²) in [7, 11) is 2.16. The van der Waals surface area contributed by atoms with Crippen molar-refractivity contribution >= 4 is 28.5 Å². The first-order chi connectivity index (χ1) is 16.9. The number of aliphatic hydroxyl groups excluding tert-OH is 1. The SMILES string of the molecule is CC(O)c1cc2cnc(Nc3ccc(CN4CCN(C)CC4)cn3)nc2c(N2CCC(F)CC2)n1. The molecule has 10 heteroatoms. The molecule has 186 valence electrons. The lowest BCUT2D eigenvalue weighted by Crippen LogP contribution is -2.43. The van der Waals surface area contributed by atoms with Gasteiger partial charge in [0.05, 0.1) is 11.8 Å². The van der Waals surface area contributed by atoms with Crippen molar-refractivity contribution in [3.63, 3.8) is 0 Å².